The van der Waals surface area contributed by atoms with Crippen LogP contribution in [0.1, 0.15) is 34.0 Å². The summed E-state index contributed by atoms with van der Waals surface area (Å²) in [5.74, 6) is 0.920. The average Bonchev–Trinajstić information content (AvgIpc) is 3.11. The molecule has 5 rings (SSSR count). The number of ether oxygens (including phenoxy) is 1. The number of H-pyrrole nitrogens is 1. The largest absolute Gasteiger partial charge is 0.489 e. The second-order valence-corrected chi connectivity index (χ2v) is 7.55. The van der Waals surface area contributed by atoms with Gasteiger partial charge in [0.2, 0.25) is 0 Å². The van der Waals surface area contributed by atoms with Crippen LogP contribution in [0, 0.1) is 6.92 Å². The number of hydrogen-bond donors (Lipinski definition) is 2. The van der Waals surface area contributed by atoms with Crippen molar-refractivity contribution in [1.82, 2.24) is 10.3 Å². The van der Waals surface area contributed by atoms with Gasteiger partial charge in [-0.3, -0.25) is 0 Å². The first kappa shape index (κ1) is 17.1. The lowest BCUT2D eigenvalue weighted by molar-refractivity contribution is 0.306. The van der Waals surface area contributed by atoms with Crippen LogP contribution in [0.5, 0.6) is 5.75 Å². The van der Waals surface area contributed by atoms with Gasteiger partial charge in [-0.25, -0.2) is 0 Å². The number of aryl methyl sites for hydroxylation is 1. The van der Waals surface area contributed by atoms with Gasteiger partial charge >= 0.3 is 0 Å². The molecule has 0 radical (unpaired) electrons. The predicted octanol–water partition coefficient (Wildman–Crippen LogP) is 5.29. The maximum Gasteiger partial charge on any atom is 0.120 e. The lowest BCUT2D eigenvalue weighted by Gasteiger charge is -2.25. The van der Waals surface area contributed by atoms with E-state index in [0.717, 1.165) is 18.7 Å². The third kappa shape index (κ3) is 3.19. The minimum Gasteiger partial charge on any atom is -0.489 e. The highest BCUT2D eigenvalue weighted by atomic mass is 16.5. The van der Waals surface area contributed by atoms with Crippen LogP contribution in [0.2, 0.25) is 0 Å². The van der Waals surface area contributed by atoms with E-state index >= 15 is 0 Å². The first-order chi connectivity index (χ1) is 13.8. The van der Waals surface area contributed by atoms with Crippen molar-refractivity contribution in [3.05, 3.63) is 101 Å². The topological polar surface area (TPSA) is 37.0 Å². The standard InChI is InChI=1S/C25H24N2O/c1-17-6-5-9-19(14-17)24-25-21(12-13-26-24)22-15-20(10-11-23(22)27-25)28-16-18-7-3-2-4-8-18/h2-11,14-15,24,26-27H,12-13,16H2,1H3. The predicted molar refractivity (Wildman–Crippen MR) is 114 cm³/mol. The van der Waals surface area contributed by atoms with Gasteiger partial charge in [0.25, 0.3) is 0 Å². The van der Waals surface area contributed by atoms with E-state index in [0.29, 0.717) is 6.61 Å². The van der Waals surface area contributed by atoms with E-state index in [-0.39, 0.29) is 6.04 Å². The maximum atomic E-state index is 6.06. The summed E-state index contributed by atoms with van der Waals surface area (Å²) < 4.78 is 6.06. The third-order valence-corrected chi connectivity index (χ3v) is 5.55. The van der Waals surface area contributed by atoms with E-state index in [9.17, 15) is 0 Å². The lowest BCUT2D eigenvalue weighted by Crippen LogP contribution is -2.30. The second-order valence-electron chi connectivity index (χ2n) is 7.55. The zero-order chi connectivity index (χ0) is 18.9. The average molecular weight is 368 g/mol. The Balaban J connectivity index is 1.48. The molecule has 0 saturated heterocycles. The molecule has 0 fully saturated rings. The van der Waals surface area contributed by atoms with Gasteiger partial charge in [-0.05, 0) is 48.2 Å². The number of nitrogens with one attached hydrogen (secondary N) is 2. The number of rotatable bonds is 4. The van der Waals surface area contributed by atoms with Crippen LogP contribution in [0.3, 0.4) is 0 Å². The normalized spacial score (nSPS) is 16.1. The van der Waals surface area contributed by atoms with Crippen molar-refractivity contribution in [2.24, 2.45) is 0 Å². The number of aromatic amines is 1. The zero-order valence-corrected chi connectivity index (χ0v) is 16.0. The molecule has 2 heterocycles. The fourth-order valence-electron chi connectivity index (χ4n) is 4.17. The van der Waals surface area contributed by atoms with E-state index in [1.165, 1.54) is 38.9 Å². The molecule has 0 bridgehead atoms. The Morgan fingerprint density at radius 3 is 2.71 bits per heavy atom. The number of fused-ring (bicyclic) bond motifs is 3. The van der Waals surface area contributed by atoms with Crippen LogP contribution < -0.4 is 10.1 Å². The lowest BCUT2D eigenvalue weighted by atomic mass is 9.93. The van der Waals surface area contributed by atoms with Gasteiger partial charge in [0.15, 0.2) is 0 Å². The molecule has 0 spiro atoms. The molecule has 3 aromatic carbocycles. The first-order valence-corrected chi connectivity index (χ1v) is 9.89. The summed E-state index contributed by atoms with van der Waals surface area (Å²) in [4.78, 5) is 3.67. The molecule has 4 aromatic rings. The molecule has 1 atom stereocenters. The smallest absolute Gasteiger partial charge is 0.120 e. The Bertz CT molecular complexity index is 1110. The molecule has 0 amide bonds. The van der Waals surface area contributed by atoms with Crippen LogP contribution >= 0.6 is 0 Å². The highest BCUT2D eigenvalue weighted by Gasteiger charge is 2.25. The van der Waals surface area contributed by atoms with Gasteiger partial charge in [0.1, 0.15) is 12.4 Å². The van der Waals surface area contributed by atoms with Crippen molar-refractivity contribution in [2.75, 3.05) is 6.54 Å². The molecule has 140 valence electrons. The highest BCUT2D eigenvalue weighted by molar-refractivity contribution is 5.86. The monoisotopic (exact) mass is 368 g/mol. The molecule has 1 aliphatic heterocycles. The molecule has 2 N–H and O–H groups in total. The zero-order valence-electron chi connectivity index (χ0n) is 16.0. The maximum absolute atomic E-state index is 6.06. The van der Waals surface area contributed by atoms with Crippen molar-refractivity contribution in [3.63, 3.8) is 0 Å². The highest BCUT2D eigenvalue weighted by Crippen LogP contribution is 2.35. The Labute approximate surface area is 165 Å². The van der Waals surface area contributed by atoms with E-state index in [4.69, 9.17) is 4.74 Å². The number of hydrogen-bond acceptors (Lipinski definition) is 2. The van der Waals surface area contributed by atoms with Crippen LogP contribution in [-0.2, 0) is 13.0 Å². The summed E-state index contributed by atoms with van der Waals surface area (Å²) in [7, 11) is 0. The van der Waals surface area contributed by atoms with Gasteiger partial charge in [-0.15, -0.1) is 0 Å². The summed E-state index contributed by atoms with van der Waals surface area (Å²) in [5, 5.41) is 4.96. The quantitative estimate of drug-likeness (QED) is 0.513. The van der Waals surface area contributed by atoms with E-state index in [1.807, 2.05) is 18.2 Å². The summed E-state index contributed by atoms with van der Waals surface area (Å²) >= 11 is 0. The van der Waals surface area contributed by atoms with Crippen molar-refractivity contribution in [2.45, 2.75) is 26.0 Å². The third-order valence-electron chi connectivity index (χ3n) is 5.55. The molecule has 0 aliphatic carbocycles. The minimum absolute atomic E-state index is 0.213. The molecule has 1 aromatic heterocycles. The van der Waals surface area contributed by atoms with E-state index in [1.54, 1.807) is 0 Å². The van der Waals surface area contributed by atoms with Crippen molar-refractivity contribution in [1.29, 1.82) is 0 Å². The van der Waals surface area contributed by atoms with Gasteiger partial charge in [-0.2, -0.15) is 0 Å². The van der Waals surface area contributed by atoms with Gasteiger partial charge in [-0.1, -0.05) is 60.2 Å². The minimum atomic E-state index is 0.213. The molecule has 0 saturated carbocycles. The Hall–Kier alpha value is -3.04. The summed E-state index contributed by atoms with van der Waals surface area (Å²) in [6, 6.07) is 25.7. The van der Waals surface area contributed by atoms with Crippen LogP contribution in [0.15, 0.2) is 72.8 Å². The number of aromatic nitrogens is 1. The van der Waals surface area contributed by atoms with E-state index in [2.05, 4.69) is 71.8 Å². The first-order valence-electron chi connectivity index (χ1n) is 9.89. The Morgan fingerprint density at radius 2 is 1.86 bits per heavy atom. The molecule has 28 heavy (non-hydrogen) atoms. The molecular formula is C25H24N2O. The fraction of sp³-hybridized carbons (Fsp3) is 0.200. The van der Waals surface area contributed by atoms with Gasteiger partial charge in [0.05, 0.1) is 6.04 Å². The van der Waals surface area contributed by atoms with Gasteiger partial charge in [0, 0.05) is 23.1 Å². The molecular weight excluding hydrogens is 344 g/mol. The van der Waals surface area contributed by atoms with Crippen molar-refractivity contribution >= 4 is 10.9 Å². The summed E-state index contributed by atoms with van der Waals surface area (Å²) in [6.07, 6.45) is 1.03. The SMILES string of the molecule is Cc1cccc(C2NCCc3c2[nH]c2ccc(OCc4ccccc4)cc32)c1. The van der Waals surface area contributed by atoms with Crippen LogP contribution in [0.4, 0.5) is 0 Å². The van der Waals surface area contributed by atoms with Crippen LogP contribution in [0.25, 0.3) is 10.9 Å². The Kier molecular flexibility index (Phi) is 4.38. The molecule has 3 heteroatoms. The van der Waals surface area contributed by atoms with Crippen LogP contribution in [-0.4, -0.2) is 11.5 Å². The second kappa shape index (κ2) is 7.17. The number of benzene rings is 3. The van der Waals surface area contributed by atoms with E-state index < -0.39 is 0 Å². The molecule has 3 nitrogen and oxygen atoms in total. The molecule has 1 aliphatic rings. The summed E-state index contributed by atoms with van der Waals surface area (Å²) in [5.41, 5.74) is 7.66. The van der Waals surface area contributed by atoms with Crippen molar-refractivity contribution < 1.29 is 4.74 Å². The fourth-order valence-corrected chi connectivity index (χ4v) is 4.17. The summed E-state index contributed by atoms with van der Waals surface area (Å²) in [6.45, 7) is 3.72. The van der Waals surface area contributed by atoms with Crippen molar-refractivity contribution in [3.8, 4) is 5.75 Å². The Morgan fingerprint density at radius 1 is 0.964 bits per heavy atom. The molecule has 1 unspecified atom stereocenters. The van der Waals surface area contributed by atoms with Gasteiger partial charge < -0.3 is 15.0 Å².